The van der Waals surface area contributed by atoms with Crippen LogP contribution < -0.4 is 5.32 Å². The highest BCUT2D eigenvalue weighted by Crippen LogP contribution is 2.32. The minimum atomic E-state index is -0.971. The smallest absolute Gasteiger partial charge is 0.341 e. The molecule has 0 fully saturated rings. The molecule has 1 heterocycles. The number of anilines is 1. The molecule has 1 aromatic heterocycles. The Hall–Kier alpha value is -1.54. The van der Waals surface area contributed by atoms with E-state index in [1.54, 1.807) is 6.92 Å². The van der Waals surface area contributed by atoms with E-state index in [-0.39, 0.29) is 17.4 Å². The van der Waals surface area contributed by atoms with Gasteiger partial charge in [-0.15, -0.1) is 23.1 Å². The molecule has 0 saturated heterocycles. The van der Waals surface area contributed by atoms with Crippen molar-refractivity contribution in [1.29, 1.82) is 0 Å². The minimum Gasteiger partial charge on any atom is -0.481 e. The monoisotopic (exact) mass is 317 g/mol. The molecule has 0 saturated carbocycles. The van der Waals surface area contributed by atoms with Gasteiger partial charge < -0.3 is 15.2 Å². The van der Waals surface area contributed by atoms with Gasteiger partial charge in [0.25, 0.3) is 0 Å². The lowest BCUT2D eigenvalue weighted by Gasteiger charge is -2.05. The van der Waals surface area contributed by atoms with Gasteiger partial charge in [0.1, 0.15) is 5.00 Å². The van der Waals surface area contributed by atoms with Gasteiger partial charge in [-0.1, -0.05) is 0 Å². The largest absolute Gasteiger partial charge is 0.481 e. The van der Waals surface area contributed by atoms with E-state index in [9.17, 15) is 14.4 Å². The van der Waals surface area contributed by atoms with Crippen molar-refractivity contribution in [2.45, 2.75) is 13.8 Å². The number of thioether (sulfide) groups is 1. The second-order valence-corrected chi connectivity index (χ2v) is 6.12. The fourth-order valence-electron chi connectivity index (χ4n) is 1.46. The number of carboxylic acid groups (broad SMARTS) is 1. The molecule has 1 amide bonds. The molecule has 0 atom stereocenters. The molecule has 0 aromatic carbocycles. The van der Waals surface area contributed by atoms with Crippen molar-refractivity contribution >= 4 is 45.9 Å². The third kappa shape index (κ3) is 4.24. The number of carbonyl (C=O) groups is 3. The second-order valence-electron chi connectivity index (χ2n) is 3.91. The van der Waals surface area contributed by atoms with Crippen LogP contribution in [-0.4, -0.2) is 41.6 Å². The average molecular weight is 317 g/mol. The lowest BCUT2D eigenvalue weighted by molar-refractivity contribution is -0.133. The van der Waals surface area contributed by atoms with Gasteiger partial charge in [0.2, 0.25) is 5.91 Å². The van der Waals surface area contributed by atoms with Crippen molar-refractivity contribution in [3.8, 4) is 0 Å². The molecule has 0 aliphatic heterocycles. The quantitative estimate of drug-likeness (QED) is 0.779. The molecular formula is C12H15NO5S2. The van der Waals surface area contributed by atoms with Crippen LogP contribution in [0.5, 0.6) is 0 Å². The van der Waals surface area contributed by atoms with Crippen molar-refractivity contribution in [1.82, 2.24) is 0 Å². The van der Waals surface area contributed by atoms with Crippen molar-refractivity contribution in [2.75, 3.05) is 23.9 Å². The van der Waals surface area contributed by atoms with Crippen LogP contribution in [0.1, 0.15) is 20.8 Å². The summed E-state index contributed by atoms with van der Waals surface area (Å²) in [6, 6.07) is 0. The highest BCUT2D eigenvalue weighted by atomic mass is 32.2. The zero-order valence-corrected chi connectivity index (χ0v) is 12.9. The van der Waals surface area contributed by atoms with E-state index >= 15 is 0 Å². The molecular weight excluding hydrogens is 302 g/mol. The van der Waals surface area contributed by atoms with Crippen LogP contribution >= 0.6 is 23.1 Å². The first kappa shape index (κ1) is 16.5. The first-order valence-corrected chi connectivity index (χ1v) is 7.61. The Bertz CT molecular complexity index is 538. The predicted molar refractivity (Wildman–Crippen MR) is 78.7 cm³/mol. The summed E-state index contributed by atoms with van der Waals surface area (Å²) in [6.07, 6.45) is 0. The fraction of sp³-hybridized carbons (Fsp3) is 0.417. The van der Waals surface area contributed by atoms with Gasteiger partial charge in [-0.3, -0.25) is 9.59 Å². The molecule has 110 valence electrons. The Morgan fingerprint density at radius 2 is 1.95 bits per heavy atom. The number of hydrogen-bond acceptors (Lipinski definition) is 6. The average Bonchev–Trinajstić information content (AvgIpc) is 2.63. The van der Waals surface area contributed by atoms with E-state index in [2.05, 4.69) is 5.32 Å². The summed E-state index contributed by atoms with van der Waals surface area (Å²) in [4.78, 5) is 34.7. The zero-order chi connectivity index (χ0) is 15.3. The van der Waals surface area contributed by atoms with Crippen LogP contribution in [0.4, 0.5) is 5.00 Å². The van der Waals surface area contributed by atoms with Gasteiger partial charge in [-0.05, 0) is 19.4 Å². The topological polar surface area (TPSA) is 92.7 Å². The number of rotatable bonds is 6. The molecule has 1 aromatic rings. The summed E-state index contributed by atoms with van der Waals surface area (Å²) >= 11 is 2.29. The van der Waals surface area contributed by atoms with Crippen molar-refractivity contribution in [3.63, 3.8) is 0 Å². The Kier molecular flexibility index (Phi) is 6.03. The van der Waals surface area contributed by atoms with E-state index < -0.39 is 11.9 Å². The zero-order valence-electron chi connectivity index (χ0n) is 11.3. The number of nitrogens with one attached hydrogen (secondary N) is 1. The number of aliphatic carboxylic acids is 1. The molecule has 20 heavy (non-hydrogen) atoms. The predicted octanol–water partition coefficient (Wildman–Crippen LogP) is 1.91. The van der Waals surface area contributed by atoms with Crippen molar-refractivity contribution in [2.24, 2.45) is 0 Å². The summed E-state index contributed by atoms with van der Waals surface area (Å²) in [5.41, 5.74) is 1.13. The van der Waals surface area contributed by atoms with E-state index in [1.807, 2.05) is 6.92 Å². The third-order valence-electron chi connectivity index (χ3n) is 2.49. The van der Waals surface area contributed by atoms with Crippen LogP contribution in [0.3, 0.4) is 0 Å². The lowest BCUT2D eigenvalue weighted by atomic mass is 10.1. The molecule has 0 unspecified atom stereocenters. The molecule has 0 spiro atoms. The number of carbonyl (C=O) groups excluding carboxylic acids is 2. The number of thiophene rings is 1. The summed E-state index contributed by atoms with van der Waals surface area (Å²) in [5.74, 6) is -1.94. The molecule has 1 rings (SSSR count). The van der Waals surface area contributed by atoms with E-state index in [0.29, 0.717) is 10.6 Å². The first-order chi connectivity index (χ1) is 9.36. The Labute approximate surface area is 124 Å². The summed E-state index contributed by atoms with van der Waals surface area (Å²) in [5, 5.41) is 11.6. The highest BCUT2D eigenvalue weighted by Gasteiger charge is 2.21. The number of methoxy groups -OCH3 is 1. The van der Waals surface area contributed by atoms with Crippen molar-refractivity contribution in [3.05, 3.63) is 16.0 Å². The maximum absolute atomic E-state index is 11.7. The second kappa shape index (κ2) is 7.30. The number of hydrogen-bond donors (Lipinski definition) is 2. The summed E-state index contributed by atoms with van der Waals surface area (Å²) in [6.45, 7) is 3.63. The first-order valence-electron chi connectivity index (χ1n) is 5.64. The van der Waals surface area contributed by atoms with Crippen LogP contribution in [0.15, 0.2) is 0 Å². The maximum atomic E-state index is 11.7. The molecule has 0 radical (unpaired) electrons. The Morgan fingerprint density at radius 1 is 1.30 bits per heavy atom. The van der Waals surface area contributed by atoms with Gasteiger partial charge in [-0.2, -0.15) is 0 Å². The molecule has 0 bridgehead atoms. The minimum absolute atomic E-state index is 0.0168. The normalized spacial score (nSPS) is 10.2. The number of amides is 1. The van der Waals surface area contributed by atoms with Crippen molar-refractivity contribution < 1.29 is 24.2 Å². The molecule has 6 nitrogen and oxygen atoms in total. The standard InChI is InChI=1S/C12H15NO5S2/c1-6-7(2)20-11(10(6)12(17)18-3)13-8(14)4-19-5-9(15)16/h4-5H2,1-3H3,(H,13,14)(H,15,16). The highest BCUT2D eigenvalue weighted by molar-refractivity contribution is 8.00. The van der Waals surface area contributed by atoms with E-state index in [1.165, 1.54) is 18.4 Å². The van der Waals surface area contributed by atoms with E-state index in [4.69, 9.17) is 9.84 Å². The lowest BCUT2D eigenvalue weighted by Crippen LogP contribution is -2.17. The van der Waals surface area contributed by atoms with Gasteiger partial charge >= 0.3 is 11.9 Å². The van der Waals surface area contributed by atoms with Gasteiger partial charge in [-0.25, -0.2) is 4.79 Å². The maximum Gasteiger partial charge on any atom is 0.341 e. The van der Waals surface area contributed by atoms with Crippen LogP contribution in [-0.2, 0) is 14.3 Å². The van der Waals surface area contributed by atoms with Crippen LogP contribution in [0, 0.1) is 13.8 Å². The SMILES string of the molecule is COC(=O)c1c(NC(=O)CSCC(=O)O)sc(C)c1C. The third-order valence-corrected chi connectivity index (χ3v) is 4.53. The number of ether oxygens (including phenoxy) is 1. The molecule has 0 aliphatic rings. The molecule has 2 N–H and O–H groups in total. The fourth-order valence-corrected chi connectivity index (χ4v) is 3.06. The number of carboxylic acids is 1. The Balaban J connectivity index is 2.77. The molecule has 0 aliphatic carbocycles. The summed E-state index contributed by atoms with van der Waals surface area (Å²) in [7, 11) is 1.28. The van der Waals surface area contributed by atoms with Crippen LogP contribution in [0.25, 0.3) is 0 Å². The van der Waals surface area contributed by atoms with Crippen LogP contribution in [0.2, 0.25) is 0 Å². The van der Waals surface area contributed by atoms with Gasteiger partial charge in [0.15, 0.2) is 0 Å². The van der Waals surface area contributed by atoms with Gasteiger partial charge in [0.05, 0.1) is 24.2 Å². The summed E-state index contributed by atoms with van der Waals surface area (Å²) < 4.78 is 4.70. The van der Waals surface area contributed by atoms with E-state index in [0.717, 1.165) is 22.2 Å². The Morgan fingerprint density at radius 3 is 2.50 bits per heavy atom. The molecule has 8 heteroatoms. The van der Waals surface area contributed by atoms with Gasteiger partial charge in [0, 0.05) is 4.88 Å². The number of esters is 1. The number of aryl methyl sites for hydroxylation is 1.